The molecule has 4 nitrogen and oxygen atoms in total. The first-order valence-corrected chi connectivity index (χ1v) is 8.11. The smallest absolute Gasteiger partial charge is 0.244 e. The number of hydrogen-bond acceptors (Lipinski definition) is 3. The van der Waals surface area contributed by atoms with Crippen LogP contribution in [0, 0.1) is 11.8 Å². The van der Waals surface area contributed by atoms with Crippen LogP contribution in [0.15, 0.2) is 27.6 Å². The highest BCUT2D eigenvalue weighted by molar-refractivity contribution is 9.10. The van der Waals surface area contributed by atoms with E-state index in [-0.39, 0.29) is 4.90 Å². The number of nitrogens with two attached hydrogens (primary N) is 1. The zero-order chi connectivity index (χ0) is 13.5. The fourth-order valence-corrected chi connectivity index (χ4v) is 4.73. The summed E-state index contributed by atoms with van der Waals surface area (Å²) in [4.78, 5) is 0.254. The van der Waals surface area contributed by atoms with Crippen molar-refractivity contribution in [1.82, 2.24) is 4.31 Å². The molecule has 1 aromatic rings. The van der Waals surface area contributed by atoms with E-state index < -0.39 is 10.0 Å². The van der Waals surface area contributed by atoms with Gasteiger partial charge in [0.25, 0.3) is 0 Å². The van der Waals surface area contributed by atoms with Gasteiger partial charge in [0.05, 0.1) is 4.90 Å². The Morgan fingerprint density at radius 2 is 1.83 bits per heavy atom. The Hall–Kier alpha value is -0.590. The van der Waals surface area contributed by atoms with Crippen LogP contribution in [0.2, 0.25) is 0 Å². The lowest BCUT2D eigenvalue weighted by molar-refractivity contribution is 0.463. The van der Waals surface area contributed by atoms with Crippen molar-refractivity contribution in [3.63, 3.8) is 0 Å². The highest BCUT2D eigenvalue weighted by Crippen LogP contribution is 2.32. The molecule has 6 heteroatoms. The first-order valence-electron chi connectivity index (χ1n) is 5.87. The fraction of sp³-hybridized carbons (Fsp3) is 0.500. The molecule has 1 heterocycles. The van der Waals surface area contributed by atoms with Crippen LogP contribution < -0.4 is 5.73 Å². The van der Waals surface area contributed by atoms with Gasteiger partial charge in [-0.3, -0.25) is 0 Å². The van der Waals surface area contributed by atoms with Gasteiger partial charge < -0.3 is 5.73 Å². The lowest BCUT2D eigenvalue weighted by atomic mass is 10.0. The number of hydrogen-bond donors (Lipinski definition) is 1. The van der Waals surface area contributed by atoms with E-state index in [0.29, 0.717) is 35.1 Å². The van der Waals surface area contributed by atoms with Crippen molar-refractivity contribution in [2.75, 3.05) is 18.8 Å². The average Bonchev–Trinajstić information content (AvgIpc) is 2.63. The minimum atomic E-state index is -3.45. The molecular weight excluding hydrogens is 316 g/mol. The summed E-state index contributed by atoms with van der Waals surface area (Å²) in [7, 11) is -3.45. The van der Waals surface area contributed by atoms with Gasteiger partial charge in [0, 0.05) is 23.2 Å². The lowest BCUT2D eigenvalue weighted by Crippen LogP contribution is -2.29. The van der Waals surface area contributed by atoms with E-state index in [4.69, 9.17) is 5.73 Å². The third-order valence-corrected chi connectivity index (χ3v) is 6.35. The number of rotatable bonds is 2. The van der Waals surface area contributed by atoms with Gasteiger partial charge in [0.15, 0.2) is 0 Å². The Labute approximate surface area is 116 Å². The van der Waals surface area contributed by atoms with E-state index in [9.17, 15) is 8.42 Å². The average molecular weight is 333 g/mol. The fourth-order valence-electron chi connectivity index (χ4n) is 2.13. The zero-order valence-electron chi connectivity index (χ0n) is 10.4. The number of nitrogen functional groups attached to an aromatic ring is 1. The Kier molecular flexibility index (Phi) is 3.71. The van der Waals surface area contributed by atoms with Crippen molar-refractivity contribution < 1.29 is 8.42 Å². The molecule has 100 valence electrons. The van der Waals surface area contributed by atoms with Gasteiger partial charge in [-0.05, 0) is 46.0 Å². The van der Waals surface area contributed by atoms with Gasteiger partial charge in [0.1, 0.15) is 0 Å². The Morgan fingerprint density at radius 3 is 2.39 bits per heavy atom. The summed E-state index contributed by atoms with van der Waals surface area (Å²) in [6.07, 6.45) is 0. The summed E-state index contributed by atoms with van der Waals surface area (Å²) in [5.74, 6) is 0.777. The molecule has 0 aromatic heterocycles. The number of halogens is 1. The molecule has 0 amide bonds. The molecule has 1 aromatic carbocycles. The van der Waals surface area contributed by atoms with E-state index >= 15 is 0 Å². The highest BCUT2D eigenvalue weighted by Gasteiger charge is 2.35. The molecule has 0 saturated carbocycles. The van der Waals surface area contributed by atoms with Gasteiger partial charge in [-0.1, -0.05) is 13.8 Å². The molecule has 1 fully saturated rings. The number of anilines is 1. The van der Waals surface area contributed by atoms with E-state index in [1.807, 2.05) is 0 Å². The van der Waals surface area contributed by atoms with Crippen LogP contribution >= 0.6 is 15.9 Å². The van der Waals surface area contributed by atoms with Crippen LogP contribution in [-0.2, 0) is 10.0 Å². The number of nitrogens with zero attached hydrogens (tertiary/aromatic N) is 1. The Bertz CT molecular complexity index is 549. The van der Waals surface area contributed by atoms with Gasteiger partial charge in [-0.15, -0.1) is 0 Å². The second kappa shape index (κ2) is 4.83. The molecule has 0 radical (unpaired) electrons. The van der Waals surface area contributed by atoms with Crippen LogP contribution in [0.25, 0.3) is 0 Å². The van der Waals surface area contributed by atoms with Crippen molar-refractivity contribution in [3.05, 3.63) is 22.7 Å². The SMILES string of the molecule is CC1CN(S(=O)(=O)c2cc(N)ccc2Br)CC1C. The number of benzene rings is 1. The van der Waals surface area contributed by atoms with Crippen molar-refractivity contribution in [2.24, 2.45) is 11.8 Å². The molecule has 2 unspecified atom stereocenters. The third kappa shape index (κ3) is 2.41. The number of sulfonamides is 1. The maximum atomic E-state index is 12.5. The Balaban J connectivity index is 2.40. The van der Waals surface area contributed by atoms with Crippen LogP contribution in [0.3, 0.4) is 0 Å². The van der Waals surface area contributed by atoms with Crippen molar-refractivity contribution in [3.8, 4) is 0 Å². The molecule has 0 spiro atoms. The predicted molar refractivity (Wildman–Crippen MR) is 75.6 cm³/mol. The second-order valence-corrected chi connectivity index (χ2v) is 7.73. The van der Waals surface area contributed by atoms with Gasteiger partial charge in [-0.2, -0.15) is 4.31 Å². The second-order valence-electron chi connectivity index (χ2n) is 4.97. The molecule has 1 saturated heterocycles. The third-order valence-electron chi connectivity index (χ3n) is 3.53. The van der Waals surface area contributed by atoms with Gasteiger partial charge >= 0.3 is 0 Å². The molecule has 2 atom stereocenters. The first kappa shape index (κ1) is 13.8. The first-order chi connectivity index (χ1) is 8.32. The molecule has 18 heavy (non-hydrogen) atoms. The summed E-state index contributed by atoms with van der Waals surface area (Å²) in [5, 5.41) is 0. The summed E-state index contributed by atoms with van der Waals surface area (Å²) in [6, 6.07) is 4.86. The summed E-state index contributed by atoms with van der Waals surface area (Å²) in [5.41, 5.74) is 6.13. The van der Waals surface area contributed by atoms with Crippen molar-refractivity contribution >= 4 is 31.6 Å². The van der Waals surface area contributed by atoms with E-state index in [2.05, 4.69) is 29.8 Å². The lowest BCUT2D eigenvalue weighted by Gasteiger charge is -2.17. The van der Waals surface area contributed by atoms with Crippen LogP contribution in [0.1, 0.15) is 13.8 Å². The highest BCUT2D eigenvalue weighted by atomic mass is 79.9. The largest absolute Gasteiger partial charge is 0.399 e. The van der Waals surface area contributed by atoms with Gasteiger partial charge in [0.2, 0.25) is 10.0 Å². The molecule has 1 aliphatic heterocycles. The summed E-state index contributed by atoms with van der Waals surface area (Å²) in [6.45, 7) is 5.30. The minimum Gasteiger partial charge on any atom is -0.399 e. The minimum absolute atomic E-state index is 0.254. The summed E-state index contributed by atoms with van der Waals surface area (Å²) >= 11 is 3.28. The topological polar surface area (TPSA) is 63.4 Å². The molecule has 1 aliphatic rings. The zero-order valence-corrected chi connectivity index (χ0v) is 12.8. The van der Waals surface area contributed by atoms with Crippen LogP contribution in [-0.4, -0.2) is 25.8 Å². The standard InChI is InChI=1S/C12H17BrN2O2S/c1-8-6-15(7-9(8)2)18(16,17)12-5-10(14)3-4-11(12)13/h3-5,8-9H,6-7,14H2,1-2H3. The molecule has 0 bridgehead atoms. The quantitative estimate of drug-likeness (QED) is 0.845. The molecular formula is C12H17BrN2O2S. The predicted octanol–water partition coefficient (Wildman–Crippen LogP) is 2.31. The molecule has 2 N–H and O–H groups in total. The Morgan fingerprint density at radius 1 is 1.28 bits per heavy atom. The normalized spacial score (nSPS) is 25.5. The van der Waals surface area contributed by atoms with Crippen molar-refractivity contribution in [1.29, 1.82) is 0 Å². The van der Waals surface area contributed by atoms with E-state index in [1.165, 1.54) is 6.07 Å². The molecule has 0 aliphatic carbocycles. The maximum absolute atomic E-state index is 12.5. The van der Waals surface area contributed by atoms with Crippen molar-refractivity contribution in [2.45, 2.75) is 18.7 Å². The van der Waals surface area contributed by atoms with Crippen LogP contribution in [0.5, 0.6) is 0 Å². The van der Waals surface area contributed by atoms with E-state index in [0.717, 1.165) is 0 Å². The van der Waals surface area contributed by atoms with Crippen LogP contribution in [0.4, 0.5) is 5.69 Å². The summed E-state index contributed by atoms with van der Waals surface area (Å²) < 4.78 is 27.2. The molecule has 2 rings (SSSR count). The monoisotopic (exact) mass is 332 g/mol. The van der Waals surface area contributed by atoms with E-state index in [1.54, 1.807) is 16.4 Å². The van der Waals surface area contributed by atoms with Gasteiger partial charge in [-0.25, -0.2) is 8.42 Å². The maximum Gasteiger partial charge on any atom is 0.244 e.